The van der Waals surface area contributed by atoms with Gasteiger partial charge < -0.3 is 9.30 Å². The van der Waals surface area contributed by atoms with Gasteiger partial charge >= 0.3 is 84.1 Å². The number of rotatable bonds is 3. The minimum absolute atomic E-state index is 0. The molecule has 4 aromatic carbocycles. The summed E-state index contributed by atoms with van der Waals surface area (Å²) in [6.45, 7) is 6.63. The maximum absolute atomic E-state index is 5.95. The summed E-state index contributed by atoms with van der Waals surface area (Å²) in [4.78, 5) is 8.95. The van der Waals surface area contributed by atoms with Crippen LogP contribution >= 0.6 is 0 Å². The van der Waals surface area contributed by atoms with E-state index in [1.165, 1.54) is 16.7 Å². The molecule has 0 amide bonds. The summed E-state index contributed by atoms with van der Waals surface area (Å²) < 4.78 is 11.2. The van der Waals surface area contributed by atoms with Crippen molar-refractivity contribution in [3.05, 3.63) is 139 Å². The zero-order valence-electron chi connectivity index (χ0n) is 24.6. The summed E-state index contributed by atoms with van der Waals surface area (Å²) >= 11 is 0.251. The summed E-state index contributed by atoms with van der Waals surface area (Å²) in [6.07, 6.45) is 3.59. The summed E-state index contributed by atoms with van der Waals surface area (Å²) in [5, 5.41) is 2.28. The summed E-state index contributed by atoms with van der Waals surface area (Å²) in [7, 11) is 0. The fourth-order valence-electron chi connectivity index (χ4n) is 5.43. The minimum atomic E-state index is 0. The van der Waals surface area contributed by atoms with E-state index >= 15 is 0 Å². The number of fused-ring (bicyclic) bond motifs is 6. The van der Waals surface area contributed by atoms with Gasteiger partial charge in [-0.1, -0.05) is 50.6 Å². The average Bonchev–Trinajstić information content (AvgIpc) is 3.57. The van der Waals surface area contributed by atoms with Crippen LogP contribution in [0.15, 0.2) is 128 Å². The van der Waals surface area contributed by atoms with Crippen molar-refractivity contribution in [1.82, 2.24) is 14.5 Å². The molecule has 0 N–H and O–H groups in total. The van der Waals surface area contributed by atoms with Crippen LogP contribution in [-0.4, -0.2) is 30.3 Å². The zero-order valence-corrected chi connectivity index (χ0v) is 28.8. The van der Waals surface area contributed by atoms with Crippen LogP contribution in [0.1, 0.15) is 26.3 Å². The topological polar surface area (TPSA) is 39.9 Å². The predicted molar refractivity (Wildman–Crippen MR) is 177 cm³/mol. The number of nitrogens with zero attached hydrogens (tertiary/aromatic N) is 3. The molecule has 0 aliphatic carbocycles. The molecule has 7 aromatic rings. The van der Waals surface area contributed by atoms with E-state index < -0.39 is 0 Å². The molecule has 4 heterocycles. The number of benzene rings is 4. The molecule has 1 aliphatic rings. The van der Waals surface area contributed by atoms with Gasteiger partial charge in [0.15, 0.2) is 0 Å². The molecule has 3 aromatic heterocycles. The Bertz CT molecular complexity index is 2040. The summed E-state index contributed by atoms with van der Waals surface area (Å²) in [6, 6.07) is 43.2. The molecule has 0 spiro atoms. The molecule has 0 saturated carbocycles. The molecule has 8 rings (SSSR count). The van der Waals surface area contributed by atoms with Crippen LogP contribution in [0.25, 0.3) is 38.8 Å². The van der Waals surface area contributed by atoms with Gasteiger partial charge in [-0.3, -0.25) is 0 Å². The standard InChI is InChI=1S/C26H22N3O.C12H8As.Pt/c1-26(2,3)18-13-15-27-24(16-18)29-22-9-5-4-8-20(22)21-12-11-19(17-23(21)29)30-25-10-6-7-14-28-25;1-3-7-11-9(5-1)10-6-2-4-8-12(10)13-11;/h4-16H,1-3H3;1-8H;/q-1;;. The van der Waals surface area contributed by atoms with E-state index in [2.05, 4.69) is 127 Å². The Kier molecular flexibility index (Phi) is 8.58. The molecule has 44 heavy (non-hydrogen) atoms. The number of aromatic nitrogens is 3. The molecule has 0 atom stereocenters. The van der Waals surface area contributed by atoms with E-state index in [1.807, 2.05) is 30.5 Å². The van der Waals surface area contributed by atoms with E-state index in [1.54, 1.807) is 14.9 Å². The van der Waals surface area contributed by atoms with Gasteiger partial charge in [0.05, 0.1) is 0 Å². The van der Waals surface area contributed by atoms with E-state index in [0.29, 0.717) is 11.6 Å². The third-order valence-corrected chi connectivity index (χ3v) is 10.2. The fourth-order valence-corrected chi connectivity index (χ4v) is 7.97. The maximum atomic E-state index is 5.95. The van der Waals surface area contributed by atoms with Gasteiger partial charge in [-0.15, -0.1) is 17.5 Å². The van der Waals surface area contributed by atoms with Gasteiger partial charge in [0.1, 0.15) is 5.82 Å². The molecule has 1 aliphatic heterocycles. The van der Waals surface area contributed by atoms with Crippen LogP contribution in [0.4, 0.5) is 0 Å². The second-order valence-electron chi connectivity index (χ2n) is 11.5. The fraction of sp³-hybridized carbons (Fsp3) is 0.105. The molecule has 219 valence electrons. The Morgan fingerprint density at radius 2 is 1.36 bits per heavy atom. The molecule has 6 heteroatoms. The average molecular weight is 815 g/mol. The summed E-state index contributed by atoms with van der Waals surface area (Å²) in [5.74, 6) is 2.04. The third kappa shape index (κ3) is 5.90. The normalized spacial score (nSPS) is 11.7. The zero-order chi connectivity index (χ0) is 29.4. The van der Waals surface area contributed by atoms with Gasteiger partial charge in [0.2, 0.25) is 5.88 Å². The number of para-hydroxylation sites is 1. The first kappa shape index (κ1) is 30.1. The quantitative estimate of drug-likeness (QED) is 0.135. The Labute approximate surface area is 279 Å². The van der Waals surface area contributed by atoms with Crippen LogP contribution in [0, 0.1) is 6.07 Å². The van der Waals surface area contributed by atoms with Crippen molar-refractivity contribution in [3.63, 3.8) is 0 Å². The predicted octanol–water partition coefficient (Wildman–Crippen LogP) is 7.78. The first-order chi connectivity index (χ1) is 21.0. The molecule has 1 radical (unpaired) electrons. The van der Waals surface area contributed by atoms with Crippen LogP contribution in [0.3, 0.4) is 0 Å². The van der Waals surface area contributed by atoms with Crippen LogP contribution in [0.2, 0.25) is 0 Å². The molecule has 0 fully saturated rings. The van der Waals surface area contributed by atoms with E-state index in [0.717, 1.165) is 27.6 Å². The molecule has 0 unspecified atom stereocenters. The molecular weight excluding hydrogens is 784 g/mol. The van der Waals surface area contributed by atoms with Crippen molar-refractivity contribution in [2.45, 2.75) is 26.2 Å². The van der Waals surface area contributed by atoms with E-state index in [-0.39, 0.29) is 42.2 Å². The van der Waals surface area contributed by atoms with Crippen molar-refractivity contribution in [3.8, 4) is 28.6 Å². The van der Waals surface area contributed by atoms with E-state index in [9.17, 15) is 0 Å². The number of pyridine rings is 2. The third-order valence-electron chi connectivity index (χ3n) is 7.59. The molecule has 0 saturated heterocycles. The van der Waals surface area contributed by atoms with E-state index in [4.69, 9.17) is 9.72 Å². The van der Waals surface area contributed by atoms with Crippen molar-refractivity contribution in [1.29, 1.82) is 0 Å². The van der Waals surface area contributed by atoms with Crippen molar-refractivity contribution >= 4 is 46.3 Å². The Balaban J connectivity index is 0.000000204. The van der Waals surface area contributed by atoms with Crippen LogP contribution in [-0.2, 0) is 26.5 Å². The van der Waals surface area contributed by atoms with Gasteiger partial charge in [-0.05, 0) is 40.6 Å². The Hall–Kier alpha value is -3.97. The van der Waals surface area contributed by atoms with Gasteiger partial charge in [-0.2, -0.15) is 6.07 Å². The van der Waals surface area contributed by atoms with Gasteiger partial charge in [-0.25, -0.2) is 9.97 Å². The molecule has 4 nitrogen and oxygen atoms in total. The van der Waals surface area contributed by atoms with Crippen LogP contribution in [0.5, 0.6) is 11.6 Å². The van der Waals surface area contributed by atoms with Gasteiger partial charge in [0, 0.05) is 50.8 Å². The van der Waals surface area contributed by atoms with Crippen molar-refractivity contribution in [2.24, 2.45) is 0 Å². The monoisotopic (exact) mass is 814 g/mol. The van der Waals surface area contributed by atoms with Crippen molar-refractivity contribution < 1.29 is 25.8 Å². The first-order valence-corrected chi connectivity index (χ1v) is 16.2. The van der Waals surface area contributed by atoms with Crippen LogP contribution < -0.4 is 13.4 Å². The second kappa shape index (κ2) is 12.6. The number of ether oxygens (including phenoxy) is 1. The summed E-state index contributed by atoms with van der Waals surface area (Å²) in [5.41, 5.74) is 6.21. The first-order valence-electron chi connectivity index (χ1n) is 14.4. The Morgan fingerprint density at radius 1 is 0.682 bits per heavy atom. The molecule has 0 bridgehead atoms. The SMILES string of the molecule is CC(C)(C)c1ccnc(-n2c3[c-]c(Oc4ccccn4)ccc3c3ccccc32)c1.[Pt].c1ccc2c(c1)[As]c1ccccc1-2. The number of hydrogen-bond donors (Lipinski definition) is 0. The molecular formula is C38H30AsN3OPt-. The van der Waals surface area contributed by atoms with Gasteiger partial charge in [0.25, 0.3) is 0 Å². The Morgan fingerprint density at radius 3 is 2.07 bits per heavy atom. The number of hydrogen-bond acceptors (Lipinski definition) is 3. The van der Waals surface area contributed by atoms with Crippen molar-refractivity contribution in [2.75, 3.05) is 0 Å². The second-order valence-corrected chi connectivity index (χ2v) is 14.0.